The van der Waals surface area contributed by atoms with Crippen LogP contribution < -0.4 is 0 Å². The van der Waals surface area contributed by atoms with Crippen LogP contribution in [0.2, 0.25) is 0 Å². The first-order chi connectivity index (χ1) is 25.1. The smallest absolute Gasteiger partial charge is 0.164 e. The summed E-state index contributed by atoms with van der Waals surface area (Å²) in [6.45, 7) is 2.40. The van der Waals surface area contributed by atoms with E-state index in [0.29, 0.717) is 11.6 Å². The molecule has 51 heavy (non-hydrogen) atoms. The molecule has 0 atom stereocenters. The normalized spacial score (nSPS) is 20.1. The van der Waals surface area contributed by atoms with Gasteiger partial charge in [-0.05, 0) is 102 Å². The van der Waals surface area contributed by atoms with Crippen LogP contribution >= 0.6 is 0 Å². The third kappa shape index (κ3) is 6.03. The van der Waals surface area contributed by atoms with Gasteiger partial charge in [0, 0.05) is 33.9 Å². The summed E-state index contributed by atoms with van der Waals surface area (Å²) in [4.78, 5) is 19.9. The number of allylic oxidation sites excluding steroid dienone is 5. The summed E-state index contributed by atoms with van der Waals surface area (Å²) in [7, 11) is 0. The molecule has 4 aromatic carbocycles. The van der Waals surface area contributed by atoms with E-state index in [4.69, 9.17) is 19.9 Å². The molecule has 0 radical (unpaired) electrons. The van der Waals surface area contributed by atoms with Gasteiger partial charge in [-0.25, -0.2) is 15.0 Å². The van der Waals surface area contributed by atoms with Gasteiger partial charge in [0.05, 0.1) is 5.69 Å². The number of benzene rings is 4. The van der Waals surface area contributed by atoms with Gasteiger partial charge in [0.2, 0.25) is 0 Å². The quantitative estimate of drug-likeness (QED) is 0.178. The van der Waals surface area contributed by atoms with E-state index < -0.39 is 0 Å². The van der Waals surface area contributed by atoms with E-state index in [9.17, 15) is 0 Å². The van der Waals surface area contributed by atoms with E-state index in [-0.39, 0.29) is 5.41 Å². The van der Waals surface area contributed by atoms with Crippen LogP contribution in [0.25, 0.3) is 44.7 Å². The van der Waals surface area contributed by atoms with Gasteiger partial charge in [-0.1, -0.05) is 122 Å². The largest absolute Gasteiger partial charge is 0.256 e. The highest BCUT2D eigenvalue weighted by atomic mass is 15.0. The lowest BCUT2D eigenvalue weighted by molar-refractivity contribution is 0.280. The van der Waals surface area contributed by atoms with Crippen LogP contribution in [0.5, 0.6) is 0 Å². The Bertz CT molecular complexity index is 2320. The van der Waals surface area contributed by atoms with Gasteiger partial charge in [0.1, 0.15) is 0 Å². The van der Waals surface area contributed by atoms with Crippen LogP contribution in [-0.4, -0.2) is 19.9 Å². The highest BCUT2D eigenvalue weighted by Crippen LogP contribution is 2.47. The number of fused-ring (bicyclic) bond motifs is 2. The van der Waals surface area contributed by atoms with Gasteiger partial charge in [-0.3, -0.25) is 4.98 Å². The van der Waals surface area contributed by atoms with Crippen molar-refractivity contribution < 1.29 is 0 Å². The van der Waals surface area contributed by atoms with E-state index >= 15 is 0 Å². The minimum absolute atomic E-state index is 0.0289. The van der Waals surface area contributed by atoms with Crippen LogP contribution in [0, 0.1) is 5.92 Å². The predicted molar refractivity (Wildman–Crippen MR) is 209 cm³/mol. The van der Waals surface area contributed by atoms with Gasteiger partial charge < -0.3 is 0 Å². The Labute approximate surface area is 300 Å². The zero-order valence-electron chi connectivity index (χ0n) is 29.2. The minimum Gasteiger partial charge on any atom is -0.256 e. The van der Waals surface area contributed by atoms with Crippen molar-refractivity contribution in [1.82, 2.24) is 19.9 Å². The number of rotatable bonds is 6. The molecule has 0 saturated heterocycles. The van der Waals surface area contributed by atoms with Crippen molar-refractivity contribution in [2.75, 3.05) is 0 Å². The Morgan fingerprint density at radius 3 is 2.04 bits per heavy atom. The maximum Gasteiger partial charge on any atom is 0.164 e. The van der Waals surface area contributed by atoms with Gasteiger partial charge in [0.15, 0.2) is 17.5 Å². The number of hydrogen-bond donors (Lipinski definition) is 0. The summed E-state index contributed by atoms with van der Waals surface area (Å²) in [5.74, 6) is 2.88. The van der Waals surface area contributed by atoms with Crippen molar-refractivity contribution in [3.63, 3.8) is 0 Å². The van der Waals surface area contributed by atoms with Crippen LogP contribution in [-0.2, 0) is 11.8 Å². The molecule has 2 aromatic heterocycles. The molecule has 4 nitrogen and oxygen atoms in total. The summed E-state index contributed by atoms with van der Waals surface area (Å²) in [5.41, 5.74) is 10.8. The molecular weight excluding hydrogens is 621 g/mol. The van der Waals surface area contributed by atoms with Crippen molar-refractivity contribution in [1.29, 1.82) is 0 Å². The van der Waals surface area contributed by atoms with Crippen LogP contribution in [0.15, 0.2) is 134 Å². The molecule has 1 fully saturated rings. The lowest BCUT2D eigenvalue weighted by Crippen LogP contribution is -2.32. The Balaban J connectivity index is 1.08. The van der Waals surface area contributed by atoms with E-state index in [2.05, 4.69) is 134 Å². The fraction of sp³-hybridized carbons (Fsp3) is 0.234. The lowest BCUT2D eigenvalue weighted by atomic mass is 9.63. The first-order valence-electron chi connectivity index (χ1n) is 18.6. The first kappa shape index (κ1) is 31.5. The first-order valence-corrected chi connectivity index (χ1v) is 18.6. The van der Waals surface area contributed by atoms with Crippen LogP contribution in [0.3, 0.4) is 0 Å². The Morgan fingerprint density at radius 1 is 0.608 bits per heavy atom. The standard InChI is InChI=1S/C47H42N4/c1-32-26-28-47(29-27-32,40-22-18-34(19-23-40)42-15-7-13-35-14-8-30-48-43(35)42)41-24-20-37(21-25-41)45-49-44(36-10-3-2-4-11-36)50-46(51-45)39-17-16-33-9-5-6-12-38(33)31-39/h3,5-6,8-12,14-25,30-32H,2,4,7,13,26-29H2,1H3. The molecule has 250 valence electrons. The zero-order valence-corrected chi connectivity index (χ0v) is 29.2. The van der Waals surface area contributed by atoms with Crippen molar-refractivity contribution >= 4 is 21.9 Å². The van der Waals surface area contributed by atoms with E-state index in [0.717, 1.165) is 72.7 Å². The average Bonchev–Trinajstić information content (AvgIpc) is 3.21. The molecular formula is C47H42N4. The second kappa shape index (κ2) is 13.3. The highest BCUT2D eigenvalue weighted by Gasteiger charge is 2.37. The Hall–Kier alpha value is -5.48. The molecule has 0 bridgehead atoms. The van der Waals surface area contributed by atoms with Gasteiger partial charge >= 0.3 is 0 Å². The number of aryl methyl sites for hydroxylation is 1. The van der Waals surface area contributed by atoms with E-state index in [1.54, 1.807) is 0 Å². The Morgan fingerprint density at radius 2 is 1.29 bits per heavy atom. The SMILES string of the molecule is CC1CCC(c2ccc(C3=CCCc4cccnc43)cc2)(c2ccc(-c3nc(C4=CCCC=C4)nc(-c4ccc5ccccc5c4)n3)cc2)CC1. The second-order valence-corrected chi connectivity index (χ2v) is 14.6. The fourth-order valence-electron chi connectivity index (χ4n) is 8.38. The average molecular weight is 663 g/mol. The number of nitrogens with zero attached hydrogens (tertiary/aromatic N) is 4. The molecule has 0 amide bonds. The van der Waals surface area contributed by atoms with Crippen LogP contribution in [0.1, 0.15) is 85.6 Å². The van der Waals surface area contributed by atoms with Gasteiger partial charge in [0.25, 0.3) is 0 Å². The molecule has 2 heterocycles. The monoisotopic (exact) mass is 662 g/mol. The topological polar surface area (TPSA) is 51.6 Å². The molecule has 0 spiro atoms. The van der Waals surface area contributed by atoms with Crippen LogP contribution in [0.4, 0.5) is 0 Å². The molecule has 4 heteroatoms. The summed E-state index contributed by atoms with van der Waals surface area (Å²) in [6.07, 6.45) is 19.8. The zero-order chi connectivity index (χ0) is 34.2. The molecule has 0 unspecified atom stereocenters. The molecule has 6 aromatic rings. The van der Waals surface area contributed by atoms with Crippen molar-refractivity contribution in [2.24, 2.45) is 5.92 Å². The molecule has 0 N–H and O–H groups in total. The number of hydrogen-bond acceptors (Lipinski definition) is 4. The molecule has 3 aliphatic rings. The minimum atomic E-state index is -0.0289. The number of pyridine rings is 1. The predicted octanol–water partition coefficient (Wildman–Crippen LogP) is 11.4. The maximum absolute atomic E-state index is 5.09. The van der Waals surface area contributed by atoms with Crippen molar-refractivity contribution in [3.05, 3.63) is 167 Å². The van der Waals surface area contributed by atoms with Gasteiger partial charge in [-0.15, -0.1) is 0 Å². The molecule has 0 aliphatic heterocycles. The summed E-state index contributed by atoms with van der Waals surface area (Å²) in [6, 6.07) is 37.7. The summed E-state index contributed by atoms with van der Waals surface area (Å²) in [5, 5.41) is 2.38. The van der Waals surface area contributed by atoms with E-state index in [1.807, 2.05) is 6.20 Å². The molecule has 9 rings (SSSR count). The summed E-state index contributed by atoms with van der Waals surface area (Å²) >= 11 is 0. The van der Waals surface area contributed by atoms with Crippen molar-refractivity contribution in [2.45, 2.75) is 63.7 Å². The second-order valence-electron chi connectivity index (χ2n) is 14.6. The van der Waals surface area contributed by atoms with E-state index in [1.165, 1.54) is 51.4 Å². The fourth-order valence-corrected chi connectivity index (χ4v) is 8.38. The molecule has 1 saturated carbocycles. The van der Waals surface area contributed by atoms with Crippen molar-refractivity contribution in [3.8, 4) is 22.8 Å². The summed E-state index contributed by atoms with van der Waals surface area (Å²) < 4.78 is 0. The third-order valence-electron chi connectivity index (χ3n) is 11.4. The van der Waals surface area contributed by atoms with Gasteiger partial charge in [-0.2, -0.15) is 0 Å². The number of aromatic nitrogens is 4. The maximum atomic E-state index is 5.09. The highest BCUT2D eigenvalue weighted by molar-refractivity contribution is 5.87. The third-order valence-corrected chi connectivity index (χ3v) is 11.4. The lowest BCUT2D eigenvalue weighted by Gasteiger charge is -2.41. The molecule has 3 aliphatic carbocycles. The Kier molecular flexibility index (Phi) is 8.24.